The van der Waals surface area contributed by atoms with Gasteiger partial charge in [0.1, 0.15) is 28.9 Å². The first-order chi connectivity index (χ1) is 27.3. The smallest absolute Gasteiger partial charge is 0.330 e. The lowest BCUT2D eigenvalue weighted by atomic mass is 10.0. The number of nitrogens with zero attached hydrogens (tertiary/aromatic N) is 6. The fourth-order valence-electron chi connectivity index (χ4n) is 7.14. The molecule has 1 N–H and O–H groups in total. The second-order valence-electron chi connectivity index (χ2n) is 14.6. The van der Waals surface area contributed by atoms with Gasteiger partial charge in [-0.25, -0.2) is 14.8 Å². The number of aromatic nitrogens is 2. The summed E-state index contributed by atoms with van der Waals surface area (Å²) in [6.45, 7) is 9.24. The first-order valence-corrected chi connectivity index (χ1v) is 19.9. The lowest BCUT2D eigenvalue weighted by Crippen LogP contribution is -2.49. The maximum atomic E-state index is 14.4. The summed E-state index contributed by atoms with van der Waals surface area (Å²) in [5, 5.41) is 3.07. The van der Waals surface area contributed by atoms with E-state index < -0.39 is 0 Å². The summed E-state index contributed by atoms with van der Waals surface area (Å²) in [4.78, 5) is 56.6. The first kappa shape index (κ1) is 40.2. The van der Waals surface area contributed by atoms with E-state index in [0.717, 1.165) is 73.5 Å². The normalized spacial score (nSPS) is 14.4. The number of urea groups is 1. The van der Waals surface area contributed by atoms with Crippen molar-refractivity contribution in [3.05, 3.63) is 101 Å². The van der Waals surface area contributed by atoms with Gasteiger partial charge in [0.05, 0.1) is 39.5 Å². The van der Waals surface area contributed by atoms with E-state index in [1.165, 1.54) is 12.8 Å². The third-order valence-corrected chi connectivity index (χ3v) is 10.5. The van der Waals surface area contributed by atoms with Crippen molar-refractivity contribution in [2.75, 3.05) is 68.2 Å². The minimum atomic E-state index is -0.227. The van der Waals surface area contributed by atoms with Gasteiger partial charge in [0.15, 0.2) is 0 Å². The minimum Gasteiger partial charge on any atom is -0.497 e. The van der Waals surface area contributed by atoms with Gasteiger partial charge in [0.25, 0.3) is 0 Å². The second-order valence-corrected chi connectivity index (χ2v) is 14.6. The fourth-order valence-corrected chi connectivity index (χ4v) is 7.14. The first-order valence-electron chi connectivity index (χ1n) is 19.9. The van der Waals surface area contributed by atoms with Gasteiger partial charge in [-0.3, -0.25) is 24.3 Å². The van der Waals surface area contributed by atoms with Crippen molar-refractivity contribution >= 4 is 34.9 Å². The van der Waals surface area contributed by atoms with Gasteiger partial charge in [-0.15, -0.1) is 0 Å². The lowest BCUT2D eigenvalue weighted by Gasteiger charge is -2.36. The molecule has 0 saturated carbocycles. The van der Waals surface area contributed by atoms with Crippen LogP contribution in [0.3, 0.4) is 0 Å². The molecule has 0 radical (unpaired) electrons. The Labute approximate surface area is 330 Å². The number of unbranched alkanes of at least 4 members (excludes halogenated alkanes) is 3. The van der Waals surface area contributed by atoms with E-state index in [0.29, 0.717) is 54.6 Å². The number of carbonyl (C=O) groups is 3. The molecule has 3 heterocycles. The zero-order chi connectivity index (χ0) is 39.4. The van der Waals surface area contributed by atoms with E-state index >= 15 is 0 Å². The van der Waals surface area contributed by atoms with Crippen LogP contribution < -0.4 is 29.5 Å². The molecule has 12 heteroatoms. The molecule has 0 atom stereocenters. The van der Waals surface area contributed by atoms with Crippen molar-refractivity contribution in [1.82, 2.24) is 20.2 Å². The van der Waals surface area contributed by atoms with Crippen LogP contribution in [0.5, 0.6) is 11.5 Å². The van der Waals surface area contributed by atoms with E-state index in [4.69, 9.17) is 19.4 Å². The lowest BCUT2D eigenvalue weighted by molar-refractivity contribution is -0.122. The highest BCUT2D eigenvalue weighted by Crippen LogP contribution is 2.35. The van der Waals surface area contributed by atoms with Gasteiger partial charge < -0.3 is 19.7 Å². The van der Waals surface area contributed by atoms with Crippen LogP contribution in [0, 0.1) is 0 Å². The monoisotopic (exact) mass is 761 g/mol. The molecule has 0 aliphatic carbocycles. The Bertz CT molecular complexity index is 1920. The van der Waals surface area contributed by atoms with Gasteiger partial charge in [-0.05, 0) is 35.2 Å². The molecule has 0 spiro atoms. The third-order valence-electron chi connectivity index (χ3n) is 10.5. The van der Waals surface area contributed by atoms with Crippen LogP contribution in [0.25, 0.3) is 0 Å². The van der Waals surface area contributed by atoms with Gasteiger partial charge in [0, 0.05) is 87.6 Å². The number of ether oxygens (including phenoxy) is 2. The highest BCUT2D eigenvalue weighted by atomic mass is 16.5. The van der Waals surface area contributed by atoms with Crippen molar-refractivity contribution in [3.63, 3.8) is 0 Å². The summed E-state index contributed by atoms with van der Waals surface area (Å²) in [6.07, 6.45) is 7.83. The fraction of sp³-hybridized carbons (Fsp3) is 0.432. The molecule has 56 heavy (non-hydrogen) atoms. The number of benzene rings is 3. The SMILES string of the molecule is CCCCCCNC(=O)CN1CCN(c2ccc(Cc3ncc4c(n3)N(Cc3ccc(CC(=O)CC)cc3)C(=O)N(c3cc(OC)cc(OC)c3)C4)cc2)CC1. The van der Waals surface area contributed by atoms with Crippen LogP contribution in [-0.4, -0.2) is 86.1 Å². The largest absolute Gasteiger partial charge is 0.497 e. The van der Waals surface area contributed by atoms with Crippen LogP contribution in [0.2, 0.25) is 0 Å². The van der Waals surface area contributed by atoms with Crippen molar-refractivity contribution < 1.29 is 23.9 Å². The number of rotatable bonds is 18. The molecule has 0 unspecified atom stereocenters. The highest BCUT2D eigenvalue weighted by Gasteiger charge is 2.34. The van der Waals surface area contributed by atoms with Crippen LogP contribution in [0.1, 0.15) is 74.0 Å². The zero-order valence-corrected chi connectivity index (χ0v) is 33.3. The maximum Gasteiger partial charge on any atom is 0.330 e. The third kappa shape index (κ3) is 10.4. The Morgan fingerprint density at radius 2 is 1.48 bits per heavy atom. The molecule has 1 fully saturated rings. The van der Waals surface area contributed by atoms with Gasteiger partial charge in [0.2, 0.25) is 5.91 Å². The summed E-state index contributed by atoms with van der Waals surface area (Å²) >= 11 is 0. The Morgan fingerprint density at radius 3 is 2.14 bits per heavy atom. The van der Waals surface area contributed by atoms with Crippen LogP contribution in [0.4, 0.5) is 22.0 Å². The number of methoxy groups -OCH3 is 2. The van der Waals surface area contributed by atoms with Gasteiger partial charge >= 0.3 is 6.03 Å². The molecular formula is C44H55N7O5. The highest BCUT2D eigenvalue weighted by molar-refractivity contribution is 6.05. The van der Waals surface area contributed by atoms with E-state index in [-0.39, 0.29) is 30.8 Å². The average Bonchev–Trinajstić information content (AvgIpc) is 3.22. The molecule has 2 aliphatic rings. The molecule has 3 amide bonds. The van der Waals surface area contributed by atoms with E-state index in [1.807, 2.05) is 49.5 Å². The summed E-state index contributed by atoms with van der Waals surface area (Å²) in [5.74, 6) is 2.66. The van der Waals surface area contributed by atoms with E-state index in [2.05, 4.69) is 46.3 Å². The Hall–Kier alpha value is -5.49. The van der Waals surface area contributed by atoms with E-state index in [1.54, 1.807) is 30.1 Å². The van der Waals surface area contributed by atoms with E-state index in [9.17, 15) is 14.4 Å². The standard InChI is InChI=1S/C44H55N7O5/c1-5-7-8-9-18-45-42(53)31-48-19-21-49(22-20-48)36-16-14-33(15-17-36)24-41-46-28-35-30-50(37-25-39(55-3)27-40(26-37)56-4)44(54)51(43(35)47-41)29-34-12-10-32(11-13-34)23-38(52)6-2/h10-17,25-28H,5-9,18-24,29-31H2,1-4H3,(H,45,53). The molecular weight excluding hydrogens is 707 g/mol. The van der Waals surface area contributed by atoms with Crippen LogP contribution in [0.15, 0.2) is 72.9 Å². The number of anilines is 3. The second kappa shape index (κ2) is 19.4. The Kier molecular flexibility index (Phi) is 13.9. The number of hydrogen-bond acceptors (Lipinski definition) is 9. The number of carbonyl (C=O) groups excluding carboxylic acids is 3. The summed E-state index contributed by atoms with van der Waals surface area (Å²) in [7, 11) is 3.17. The van der Waals surface area contributed by atoms with Crippen LogP contribution >= 0.6 is 0 Å². The van der Waals surface area contributed by atoms with Crippen molar-refractivity contribution in [2.45, 2.75) is 71.9 Å². The predicted molar refractivity (Wildman–Crippen MR) is 220 cm³/mol. The van der Waals surface area contributed by atoms with Gasteiger partial charge in [-0.1, -0.05) is 69.5 Å². The minimum absolute atomic E-state index is 0.112. The zero-order valence-electron chi connectivity index (χ0n) is 33.3. The summed E-state index contributed by atoms with van der Waals surface area (Å²) < 4.78 is 11.0. The van der Waals surface area contributed by atoms with Crippen molar-refractivity contribution in [2.24, 2.45) is 0 Å². The molecule has 4 aromatic rings. The molecule has 2 aliphatic heterocycles. The Morgan fingerprint density at radius 1 is 0.804 bits per heavy atom. The quantitative estimate of drug-likeness (QED) is 0.112. The maximum absolute atomic E-state index is 14.4. The Balaban J connectivity index is 1.14. The molecule has 6 rings (SSSR count). The number of amides is 3. The van der Waals surface area contributed by atoms with Crippen LogP contribution in [-0.2, 0) is 35.5 Å². The predicted octanol–water partition coefficient (Wildman–Crippen LogP) is 6.57. The molecule has 3 aromatic carbocycles. The molecule has 0 bridgehead atoms. The number of Topliss-reactive ketones (excluding diaryl/α,β-unsaturated/α-hetero) is 1. The number of hydrogen-bond donors (Lipinski definition) is 1. The molecule has 296 valence electrons. The molecule has 12 nitrogen and oxygen atoms in total. The summed E-state index contributed by atoms with van der Waals surface area (Å²) in [6, 6.07) is 21.5. The molecule has 1 aromatic heterocycles. The summed E-state index contributed by atoms with van der Waals surface area (Å²) in [5.41, 5.74) is 5.54. The molecule has 1 saturated heterocycles. The number of fused-ring (bicyclic) bond motifs is 1. The van der Waals surface area contributed by atoms with Crippen molar-refractivity contribution in [3.8, 4) is 11.5 Å². The average molecular weight is 762 g/mol. The number of ketones is 1. The topological polar surface area (TPSA) is 120 Å². The van der Waals surface area contributed by atoms with Gasteiger partial charge in [-0.2, -0.15) is 0 Å². The number of nitrogens with one attached hydrogen (secondary N) is 1. The number of piperazine rings is 1. The van der Waals surface area contributed by atoms with Crippen molar-refractivity contribution in [1.29, 1.82) is 0 Å².